The van der Waals surface area contributed by atoms with Crippen LogP contribution in [0.5, 0.6) is 0 Å². The summed E-state index contributed by atoms with van der Waals surface area (Å²) >= 11 is 7.57. The maximum Gasteiger partial charge on any atom is 0.342 e. The van der Waals surface area contributed by atoms with Crippen LogP contribution in [0.3, 0.4) is 0 Å². The summed E-state index contributed by atoms with van der Waals surface area (Å²) in [5, 5.41) is 10.9. The molecule has 7 heteroatoms. The average Bonchev–Trinajstić information content (AvgIpc) is 2.82. The van der Waals surface area contributed by atoms with Gasteiger partial charge < -0.3 is 10.1 Å². The highest BCUT2D eigenvalue weighted by molar-refractivity contribution is 7.99. The Hall–Kier alpha value is -1.53. The number of halogens is 1. The van der Waals surface area contributed by atoms with E-state index in [1.165, 1.54) is 11.8 Å². The van der Waals surface area contributed by atoms with Gasteiger partial charge in [0.05, 0.1) is 0 Å². The van der Waals surface area contributed by atoms with Crippen LogP contribution in [0.25, 0.3) is 0 Å². The Morgan fingerprint density at radius 3 is 2.86 bits per heavy atom. The monoisotopic (exact) mass is 325 g/mol. The highest BCUT2D eigenvalue weighted by Crippen LogP contribution is 2.26. The van der Waals surface area contributed by atoms with Crippen molar-refractivity contribution in [1.29, 1.82) is 0 Å². The topological polar surface area (TPSA) is 61.0 Å². The largest absolute Gasteiger partial charge is 0.358 e. The van der Waals surface area contributed by atoms with E-state index in [1.54, 1.807) is 23.3 Å². The highest BCUT2D eigenvalue weighted by atomic mass is 35.5. The molecule has 0 saturated carbocycles. The third kappa shape index (κ3) is 3.57. The van der Waals surface area contributed by atoms with E-state index >= 15 is 0 Å². The van der Waals surface area contributed by atoms with E-state index in [-0.39, 0.29) is 5.82 Å². The summed E-state index contributed by atoms with van der Waals surface area (Å²) in [6.45, 7) is 4.37. The van der Waals surface area contributed by atoms with Crippen LogP contribution in [0.1, 0.15) is 17.0 Å². The lowest BCUT2D eigenvalue weighted by atomic mass is 10.1. The normalized spacial score (nSPS) is 10.8. The van der Waals surface area contributed by atoms with Crippen LogP contribution >= 0.6 is 23.4 Å². The number of benzene rings is 1. The van der Waals surface area contributed by atoms with E-state index in [2.05, 4.69) is 4.98 Å². The first-order chi connectivity index (χ1) is 10.0. The number of imidazole rings is 1. The van der Waals surface area contributed by atoms with Crippen molar-refractivity contribution in [2.24, 2.45) is 0 Å². The number of alkyl halides is 1. The fourth-order valence-electron chi connectivity index (χ4n) is 2.09. The third-order valence-corrected chi connectivity index (χ3v) is 4.76. The van der Waals surface area contributed by atoms with Gasteiger partial charge in [0.25, 0.3) is 0 Å². The maximum absolute atomic E-state index is 10.9. The van der Waals surface area contributed by atoms with Crippen molar-refractivity contribution in [2.75, 3.05) is 5.75 Å². The van der Waals surface area contributed by atoms with Crippen LogP contribution in [0, 0.1) is 24.0 Å². The minimum absolute atomic E-state index is 0.0410. The van der Waals surface area contributed by atoms with Crippen LogP contribution in [0.4, 0.5) is 5.82 Å². The molecule has 5 nitrogen and oxygen atoms in total. The molecule has 1 aromatic carbocycles. The van der Waals surface area contributed by atoms with Gasteiger partial charge >= 0.3 is 5.82 Å². The molecule has 0 aliphatic rings. The Morgan fingerprint density at radius 2 is 2.19 bits per heavy atom. The summed E-state index contributed by atoms with van der Waals surface area (Å²) in [4.78, 5) is 15.7. The van der Waals surface area contributed by atoms with Gasteiger partial charge in [-0.05, 0) is 29.0 Å². The molecule has 0 atom stereocenters. The minimum Gasteiger partial charge on any atom is -0.358 e. The second-order valence-corrected chi connectivity index (χ2v) is 6.00. The second kappa shape index (κ2) is 6.95. The lowest BCUT2D eigenvalue weighted by Crippen LogP contribution is -2.07. The smallest absolute Gasteiger partial charge is 0.342 e. The van der Waals surface area contributed by atoms with Gasteiger partial charge in [0, 0.05) is 23.5 Å². The average molecular weight is 326 g/mol. The van der Waals surface area contributed by atoms with Gasteiger partial charge in [0.2, 0.25) is 0 Å². The Balaban J connectivity index is 2.06. The maximum atomic E-state index is 10.9. The highest BCUT2D eigenvalue weighted by Gasteiger charge is 2.17. The molecule has 1 aromatic heterocycles. The lowest BCUT2D eigenvalue weighted by molar-refractivity contribution is -0.392. The molecule has 0 radical (unpaired) electrons. The van der Waals surface area contributed by atoms with E-state index in [0.29, 0.717) is 18.2 Å². The number of rotatable bonds is 6. The van der Waals surface area contributed by atoms with E-state index in [1.807, 2.05) is 25.1 Å². The number of aromatic nitrogens is 2. The van der Waals surface area contributed by atoms with Gasteiger partial charge in [-0.15, -0.1) is 23.4 Å². The molecule has 2 rings (SSSR count). The van der Waals surface area contributed by atoms with Crippen LogP contribution in [-0.4, -0.2) is 20.2 Å². The fourth-order valence-corrected chi connectivity index (χ4v) is 3.39. The molecule has 0 aliphatic carbocycles. The first-order valence-electron chi connectivity index (χ1n) is 6.48. The van der Waals surface area contributed by atoms with Crippen LogP contribution < -0.4 is 0 Å². The van der Waals surface area contributed by atoms with Crippen molar-refractivity contribution in [3.63, 3.8) is 0 Å². The molecule has 0 N–H and O–H groups in total. The quantitative estimate of drug-likeness (QED) is 0.349. The Kier molecular flexibility index (Phi) is 5.25. The van der Waals surface area contributed by atoms with Gasteiger partial charge in [0.15, 0.2) is 5.82 Å². The number of nitrogens with zero attached hydrogens (tertiary/aromatic N) is 3. The van der Waals surface area contributed by atoms with Crippen molar-refractivity contribution in [1.82, 2.24) is 9.55 Å². The molecule has 0 bridgehead atoms. The number of thioether (sulfide) groups is 1. The number of hydrogen-bond acceptors (Lipinski definition) is 4. The molecule has 112 valence electrons. The van der Waals surface area contributed by atoms with Crippen LogP contribution in [0.15, 0.2) is 29.3 Å². The van der Waals surface area contributed by atoms with Crippen LogP contribution in [-0.2, 0) is 12.4 Å². The molecular formula is C14H16ClN3O2S. The Morgan fingerprint density at radius 1 is 1.43 bits per heavy atom. The molecule has 0 aliphatic heterocycles. The van der Waals surface area contributed by atoms with Crippen molar-refractivity contribution in [3.05, 3.63) is 51.5 Å². The van der Waals surface area contributed by atoms with Crippen molar-refractivity contribution >= 4 is 29.2 Å². The van der Waals surface area contributed by atoms with Gasteiger partial charge in [-0.2, -0.15) is 0 Å². The van der Waals surface area contributed by atoms with Gasteiger partial charge in [-0.25, -0.2) is 9.55 Å². The van der Waals surface area contributed by atoms with Crippen molar-refractivity contribution < 1.29 is 4.92 Å². The molecule has 0 fully saturated rings. The van der Waals surface area contributed by atoms with Crippen LogP contribution in [0.2, 0.25) is 0 Å². The van der Waals surface area contributed by atoms with Gasteiger partial charge in [-0.3, -0.25) is 0 Å². The third-order valence-electron chi connectivity index (χ3n) is 3.33. The Bertz CT molecular complexity index is 658. The van der Waals surface area contributed by atoms with E-state index in [9.17, 15) is 10.1 Å². The van der Waals surface area contributed by atoms with E-state index in [4.69, 9.17) is 11.6 Å². The summed E-state index contributed by atoms with van der Waals surface area (Å²) in [6.07, 6.45) is 1.30. The zero-order valence-electron chi connectivity index (χ0n) is 11.9. The van der Waals surface area contributed by atoms with Gasteiger partial charge in [0.1, 0.15) is 12.7 Å². The fraction of sp³-hybridized carbons (Fsp3) is 0.357. The molecule has 0 saturated heterocycles. The number of aryl methyl sites for hydroxylation is 1. The molecule has 0 amide bonds. The zero-order chi connectivity index (χ0) is 15.4. The first-order valence-corrected chi connectivity index (χ1v) is 8.00. The predicted octanol–water partition coefficient (Wildman–Crippen LogP) is 3.94. The molecule has 0 unspecified atom stereocenters. The van der Waals surface area contributed by atoms with E-state index < -0.39 is 4.92 Å². The first kappa shape index (κ1) is 15.9. The summed E-state index contributed by atoms with van der Waals surface area (Å²) in [6, 6.07) is 6.04. The van der Waals surface area contributed by atoms with Crippen molar-refractivity contribution in [3.8, 4) is 0 Å². The molecular weight excluding hydrogens is 310 g/mol. The summed E-state index contributed by atoms with van der Waals surface area (Å²) in [5.74, 6) is 1.93. The molecule has 21 heavy (non-hydrogen) atoms. The SMILES string of the molecule is Cc1c(CCl)cccc1SCCn1c([N+](=O)[O-])cnc1C. The van der Waals surface area contributed by atoms with Crippen molar-refractivity contribution in [2.45, 2.75) is 31.2 Å². The second-order valence-electron chi connectivity index (χ2n) is 4.59. The summed E-state index contributed by atoms with van der Waals surface area (Å²) in [5.41, 5.74) is 2.29. The number of nitro groups is 1. The van der Waals surface area contributed by atoms with E-state index in [0.717, 1.165) is 16.2 Å². The molecule has 0 spiro atoms. The summed E-state index contributed by atoms with van der Waals surface area (Å²) in [7, 11) is 0. The lowest BCUT2D eigenvalue weighted by Gasteiger charge is -2.09. The summed E-state index contributed by atoms with van der Waals surface area (Å²) < 4.78 is 1.63. The van der Waals surface area contributed by atoms with Gasteiger partial charge in [-0.1, -0.05) is 12.1 Å². The Labute approximate surface area is 132 Å². The standard InChI is InChI=1S/C14H16ClN3O2S/c1-10-12(8-15)4-3-5-13(10)21-7-6-17-11(2)16-9-14(17)18(19)20/h3-5,9H,6-8H2,1-2H3. The minimum atomic E-state index is -0.399. The zero-order valence-corrected chi connectivity index (χ0v) is 13.4. The molecule has 2 aromatic rings. The number of hydrogen-bond donors (Lipinski definition) is 0. The predicted molar refractivity (Wildman–Crippen MR) is 85.1 cm³/mol. The molecule has 1 heterocycles.